The molecule has 2 atom stereocenters. The standard InChI is InChI=1S/C56H70Br2/c1-9-11-13-15-17-19-33-55(34-20-18-16-14-12-10-2)49-35-43(57)29-31-45(49)47-38-52-48(37-50(47)55)46-32-30-44(58)36-51(46)56(52,41-25-21-39(22-26-41)53(3,4)5)42-27-23-40(24-28-42)54(6,7)8/h21-32,35-38,46,51H,9-20,33-34H2,1-8H3. The summed E-state index contributed by atoms with van der Waals surface area (Å²) in [7, 11) is 0. The van der Waals surface area contributed by atoms with Crippen LogP contribution in [0.3, 0.4) is 0 Å². The van der Waals surface area contributed by atoms with Gasteiger partial charge < -0.3 is 0 Å². The van der Waals surface area contributed by atoms with Crippen LogP contribution in [0, 0.1) is 5.92 Å². The molecule has 0 fully saturated rings. The summed E-state index contributed by atoms with van der Waals surface area (Å²) >= 11 is 8.00. The minimum atomic E-state index is -0.356. The maximum atomic E-state index is 4.01. The van der Waals surface area contributed by atoms with Crippen LogP contribution in [0.5, 0.6) is 0 Å². The Morgan fingerprint density at radius 1 is 0.534 bits per heavy atom. The van der Waals surface area contributed by atoms with Gasteiger partial charge in [0.1, 0.15) is 0 Å². The van der Waals surface area contributed by atoms with Gasteiger partial charge in [-0.3, -0.25) is 0 Å². The molecule has 0 heterocycles. The lowest BCUT2D eigenvalue weighted by molar-refractivity contribution is 0.397. The van der Waals surface area contributed by atoms with E-state index >= 15 is 0 Å². The van der Waals surface area contributed by atoms with Gasteiger partial charge in [-0.15, -0.1) is 0 Å². The summed E-state index contributed by atoms with van der Waals surface area (Å²) in [6.07, 6.45) is 25.8. The highest BCUT2D eigenvalue weighted by Crippen LogP contribution is 2.64. The maximum absolute atomic E-state index is 4.01. The van der Waals surface area contributed by atoms with Crippen molar-refractivity contribution in [3.8, 4) is 11.1 Å². The molecule has 0 radical (unpaired) electrons. The van der Waals surface area contributed by atoms with Crippen molar-refractivity contribution >= 4 is 31.9 Å². The van der Waals surface area contributed by atoms with Gasteiger partial charge in [-0.2, -0.15) is 0 Å². The largest absolute Gasteiger partial charge is 0.0752 e. The number of rotatable bonds is 16. The number of fused-ring (bicyclic) bond motifs is 6. The average molecular weight is 903 g/mol. The van der Waals surface area contributed by atoms with Crippen LogP contribution >= 0.6 is 31.9 Å². The van der Waals surface area contributed by atoms with Crippen molar-refractivity contribution in [1.29, 1.82) is 0 Å². The molecule has 7 rings (SSSR count). The highest BCUT2D eigenvalue weighted by Gasteiger charge is 2.55. The van der Waals surface area contributed by atoms with E-state index in [4.69, 9.17) is 0 Å². The van der Waals surface area contributed by atoms with E-state index in [1.165, 1.54) is 143 Å². The van der Waals surface area contributed by atoms with Gasteiger partial charge in [-0.1, -0.05) is 243 Å². The maximum Gasteiger partial charge on any atom is 0.0526 e. The minimum absolute atomic E-state index is 0.0251. The van der Waals surface area contributed by atoms with Gasteiger partial charge in [0.15, 0.2) is 0 Å². The van der Waals surface area contributed by atoms with E-state index in [0.717, 1.165) is 0 Å². The third-order valence-electron chi connectivity index (χ3n) is 14.3. The first-order valence-corrected chi connectivity index (χ1v) is 24.6. The Morgan fingerprint density at radius 2 is 1.03 bits per heavy atom. The van der Waals surface area contributed by atoms with E-state index < -0.39 is 0 Å². The molecule has 0 bridgehead atoms. The SMILES string of the molecule is CCCCCCCCC1(CCCCCCCC)c2cc(Br)ccc2-c2cc3c(cc21)C1C=CC(Br)=CC1C3(c1ccc(C(C)(C)C)cc1)c1ccc(C(C)(C)C)cc1. The average Bonchev–Trinajstić information content (AvgIpc) is 3.62. The van der Waals surface area contributed by atoms with Crippen LogP contribution in [0.2, 0.25) is 0 Å². The molecule has 0 spiro atoms. The van der Waals surface area contributed by atoms with Crippen LogP contribution in [0.25, 0.3) is 11.1 Å². The predicted octanol–water partition coefficient (Wildman–Crippen LogP) is 17.7. The van der Waals surface area contributed by atoms with Crippen molar-refractivity contribution < 1.29 is 0 Å². The van der Waals surface area contributed by atoms with Crippen LogP contribution in [0.4, 0.5) is 0 Å². The Balaban J connectivity index is 1.46. The summed E-state index contributed by atoms with van der Waals surface area (Å²) in [4.78, 5) is 0. The molecule has 0 aliphatic heterocycles. The number of benzene rings is 4. The molecule has 0 saturated heterocycles. The third-order valence-corrected chi connectivity index (χ3v) is 15.3. The Morgan fingerprint density at radius 3 is 1.55 bits per heavy atom. The lowest BCUT2D eigenvalue weighted by Gasteiger charge is -2.40. The van der Waals surface area contributed by atoms with Crippen LogP contribution in [-0.2, 0) is 21.7 Å². The second-order valence-electron chi connectivity index (χ2n) is 20.2. The van der Waals surface area contributed by atoms with Gasteiger partial charge >= 0.3 is 0 Å². The first-order chi connectivity index (χ1) is 27.8. The topological polar surface area (TPSA) is 0 Å². The molecule has 308 valence electrons. The summed E-state index contributed by atoms with van der Waals surface area (Å²) in [5, 5.41) is 0. The second-order valence-corrected chi connectivity index (χ2v) is 22.0. The van der Waals surface area contributed by atoms with Gasteiger partial charge in [-0.05, 0) is 97.5 Å². The Kier molecular flexibility index (Phi) is 13.3. The molecule has 0 nitrogen and oxygen atoms in total. The van der Waals surface area contributed by atoms with Gasteiger partial charge in [0, 0.05) is 26.2 Å². The fraction of sp³-hybridized carbons (Fsp3) is 0.500. The van der Waals surface area contributed by atoms with E-state index in [1.54, 1.807) is 11.1 Å². The lowest BCUT2D eigenvalue weighted by atomic mass is 9.62. The Hall–Kier alpha value is -2.68. The number of halogens is 2. The predicted molar refractivity (Wildman–Crippen MR) is 259 cm³/mol. The summed E-state index contributed by atoms with van der Waals surface area (Å²) < 4.78 is 2.39. The summed E-state index contributed by atoms with van der Waals surface area (Å²) in [6, 6.07) is 32.3. The van der Waals surface area contributed by atoms with Crippen LogP contribution in [0.1, 0.15) is 196 Å². The lowest BCUT2D eigenvalue weighted by Crippen LogP contribution is -2.35. The molecular formula is C56H70Br2. The zero-order valence-corrected chi connectivity index (χ0v) is 40.2. The molecule has 4 aromatic carbocycles. The summed E-state index contributed by atoms with van der Waals surface area (Å²) in [6.45, 7) is 18.6. The highest BCUT2D eigenvalue weighted by atomic mass is 79.9. The Bertz CT molecular complexity index is 2020. The van der Waals surface area contributed by atoms with Crippen molar-refractivity contribution in [2.75, 3.05) is 0 Å². The van der Waals surface area contributed by atoms with Crippen molar-refractivity contribution in [3.63, 3.8) is 0 Å². The van der Waals surface area contributed by atoms with Gasteiger partial charge in [0.2, 0.25) is 0 Å². The number of hydrogen-bond donors (Lipinski definition) is 0. The summed E-state index contributed by atoms with van der Waals surface area (Å²) in [5.74, 6) is 0.517. The molecule has 0 amide bonds. The molecule has 4 aromatic rings. The van der Waals surface area contributed by atoms with Crippen LogP contribution < -0.4 is 0 Å². The number of unbranched alkanes of at least 4 members (excludes halogenated alkanes) is 10. The van der Waals surface area contributed by atoms with Crippen LogP contribution in [0.15, 0.2) is 106 Å². The molecule has 0 N–H and O–H groups in total. The molecule has 3 aliphatic carbocycles. The normalized spacial score (nSPS) is 18.8. The minimum Gasteiger partial charge on any atom is -0.0752 e. The van der Waals surface area contributed by atoms with Crippen LogP contribution in [-0.4, -0.2) is 0 Å². The molecule has 2 unspecified atom stereocenters. The number of allylic oxidation sites excluding steroid dienone is 4. The van der Waals surface area contributed by atoms with E-state index in [9.17, 15) is 0 Å². The summed E-state index contributed by atoms with van der Waals surface area (Å²) in [5.41, 5.74) is 14.5. The molecular weight excluding hydrogens is 832 g/mol. The third kappa shape index (κ3) is 8.21. The molecule has 58 heavy (non-hydrogen) atoms. The smallest absolute Gasteiger partial charge is 0.0526 e. The van der Waals surface area contributed by atoms with Gasteiger partial charge in [-0.25, -0.2) is 0 Å². The fourth-order valence-electron chi connectivity index (χ4n) is 11.1. The molecule has 2 heteroatoms. The zero-order chi connectivity index (χ0) is 41.3. The fourth-order valence-corrected chi connectivity index (χ4v) is 11.9. The van der Waals surface area contributed by atoms with Crippen molar-refractivity contribution in [2.24, 2.45) is 5.92 Å². The number of hydrogen-bond acceptors (Lipinski definition) is 0. The first kappa shape index (κ1) is 43.4. The monoisotopic (exact) mass is 900 g/mol. The van der Waals surface area contributed by atoms with Crippen molar-refractivity contribution in [1.82, 2.24) is 0 Å². The zero-order valence-electron chi connectivity index (χ0n) is 37.0. The van der Waals surface area contributed by atoms with E-state index in [1.807, 2.05) is 0 Å². The van der Waals surface area contributed by atoms with E-state index in [2.05, 4.69) is 184 Å². The molecule has 0 saturated carbocycles. The Labute approximate surface area is 370 Å². The molecule has 3 aliphatic rings. The van der Waals surface area contributed by atoms with E-state index in [-0.39, 0.29) is 33.5 Å². The van der Waals surface area contributed by atoms with Crippen molar-refractivity contribution in [3.05, 3.63) is 151 Å². The molecule has 0 aromatic heterocycles. The first-order valence-electron chi connectivity index (χ1n) is 23.0. The van der Waals surface area contributed by atoms with E-state index in [0.29, 0.717) is 0 Å². The van der Waals surface area contributed by atoms with Gasteiger partial charge in [0.05, 0.1) is 5.41 Å². The highest BCUT2D eigenvalue weighted by molar-refractivity contribution is 9.12. The second kappa shape index (κ2) is 17.7. The van der Waals surface area contributed by atoms with Crippen molar-refractivity contribution in [2.45, 2.75) is 173 Å². The quantitative estimate of drug-likeness (QED) is 0.0983. The van der Waals surface area contributed by atoms with Gasteiger partial charge in [0.25, 0.3) is 0 Å².